The van der Waals surface area contributed by atoms with E-state index >= 15 is 0 Å². The minimum atomic E-state index is -0.345. The number of carbonyl (C=O) groups is 1. The molecule has 0 fully saturated rings. The average Bonchev–Trinajstić information content (AvgIpc) is 2.82. The van der Waals surface area contributed by atoms with Gasteiger partial charge in [-0.25, -0.2) is 0 Å². The molecular formula is C25H24N4O2. The lowest BCUT2D eigenvalue weighted by atomic mass is 10.0. The number of hydrogen-bond donors (Lipinski definition) is 1. The van der Waals surface area contributed by atoms with Crippen LogP contribution >= 0.6 is 0 Å². The zero-order chi connectivity index (χ0) is 21.9. The Morgan fingerprint density at radius 2 is 1.84 bits per heavy atom. The molecule has 0 unspecified atom stereocenters. The first-order valence-electron chi connectivity index (χ1n) is 9.93. The molecule has 6 nitrogen and oxygen atoms in total. The number of hydrogen-bond acceptors (Lipinski definition) is 5. The SMILES string of the molecule is C=C(OCc1ccccc1)C(=CC(=CCC)c1ccncc1)C(=O)Nc1ccnnc1. The molecular weight excluding hydrogens is 388 g/mol. The summed E-state index contributed by atoms with van der Waals surface area (Å²) in [6.45, 7) is 6.37. The first-order chi connectivity index (χ1) is 15.2. The molecule has 0 aliphatic rings. The summed E-state index contributed by atoms with van der Waals surface area (Å²) in [4.78, 5) is 17.2. The van der Waals surface area contributed by atoms with Crippen LogP contribution in [0.2, 0.25) is 0 Å². The maximum Gasteiger partial charge on any atom is 0.259 e. The van der Waals surface area contributed by atoms with Crippen LogP contribution in [0.3, 0.4) is 0 Å². The molecule has 1 N–H and O–H groups in total. The van der Waals surface area contributed by atoms with Crippen molar-refractivity contribution in [2.75, 3.05) is 5.32 Å². The first kappa shape index (κ1) is 21.6. The molecule has 1 aromatic carbocycles. The molecule has 0 saturated carbocycles. The van der Waals surface area contributed by atoms with E-state index in [1.54, 1.807) is 24.5 Å². The second-order valence-electron chi connectivity index (χ2n) is 6.64. The normalized spacial score (nSPS) is 11.6. The van der Waals surface area contributed by atoms with Gasteiger partial charge in [-0.2, -0.15) is 10.2 Å². The molecule has 3 aromatic rings. The number of anilines is 1. The van der Waals surface area contributed by atoms with E-state index in [2.05, 4.69) is 27.1 Å². The van der Waals surface area contributed by atoms with Crippen LogP contribution in [-0.4, -0.2) is 21.1 Å². The van der Waals surface area contributed by atoms with Crippen molar-refractivity contribution >= 4 is 17.2 Å². The van der Waals surface area contributed by atoms with Gasteiger partial charge in [0.1, 0.15) is 12.4 Å². The van der Waals surface area contributed by atoms with E-state index in [0.29, 0.717) is 17.9 Å². The van der Waals surface area contributed by atoms with Crippen molar-refractivity contribution in [3.63, 3.8) is 0 Å². The Morgan fingerprint density at radius 1 is 1.06 bits per heavy atom. The highest BCUT2D eigenvalue weighted by atomic mass is 16.5. The monoisotopic (exact) mass is 412 g/mol. The molecule has 0 aliphatic carbocycles. The number of benzene rings is 1. The fourth-order valence-corrected chi connectivity index (χ4v) is 2.84. The van der Waals surface area contributed by atoms with E-state index in [1.165, 1.54) is 12.4 Å². The van der Waals surface area contributed by atoms with E-state index < -0.39 is 0 Å². The lowest BCUT2D eigenvalue weighted by molar-refractivity contribution is -0.113. The minimum absolute atomic E-state index is 0.277. The Bertz CT molecular complexity index is 1060. The Balaban J connectivity index is 1.90. The predicted octanol–water partition coefficient (Wildman–Crippen LogP) is 4.96. The van der Waals surface area contributed by atoms with Gasteiger partial charge >= 0.3 is 0 Å². The Kier molecular flexibility index (Phi) is 7.83. The van der Waals surface area contributed by atoms with Gasteiger partial charge in [-0.3, -0.25) is 9.78 Å². The van der Waals surface area contributed by atoms with E-state index in [-0.39, 0.29) is 11.7 Å². The number of pyridine rings is 1. The number of aromatic nitrogens is 3. The van der Waals surface area contributed by atoms with E-state index in [0.717, 1.165) is 23.1 Å². The van der Waals surface area contributed by atoms with Crippen LogP contribution in [0, 0.1) is 0 Å². The average molecular weight is 412 g/mol. The van der Waals surface area contributed by atoms with Crippen LogP contribution in [0.5, 0.6) is 0 Å². The second kappa shape index (κ2) is 11.2. The summed E-state index contributed by atoms with van der Waals surface area (Å²) in [6, 6.07) is 15.2. The van der Waals surface area contributed by atoms with Crippen LogP contribution in [0.4, 0.5) is 5.69 Å². The van der Waals surface area contributed by atoms with Crippen molar-refractivity contribution in [3.05, 3.63) is 115 Å². The van der Waals surface area contributed by atoms with Crippen LogP contribution in [-0.2, 0) is 16.1 Å². The summed E-state index contributed by atoms with van der Waals surface area (Å²) in [5, 5.41) is 10.4. The van der Waals surface area contributed by atoms with Crippen molar-refractivity contribution in [2.24, 2.45) is 0 Å². The standard InChI is InChI=1S/C25H24N4O2/c1-3-7-22(21-10-13-26-14-11-21)16-24(25(30)29-23-12-15-27-28-17-23)19(2)31-18-20-8-5-4-6-9-20/h4-17H,2-3,18H2,1H3,(H,27,29,30). The highest BCUT2D eigenvalue weighted by Gasteiger charge is 2.17. The molecule has 31 heavy (non-hydrogen) atoms. The number of rotatable bonds is 9. The highest BCUT2D eigenvalue weighted by Crippen LogP contribution is 2.23. The van der Waals surface area contributed by atoms with E-state index in [1.807, 2.05) is 55.5 Å². The van der Waals surface area contributed by atoms with Crippen LogP contribution in [0.25, 0.3) is 5.57 Å². The second-order valence-corrected chi connectivity index (χ2v) is 6.64. The molecule has 1 amide bonds. The van der Waals surface area contributed by atoms with E-state index in [9.17, 15) is 4.79 Å². The van der Waals surface area contributed by atoms with Gasteiger partial charge in [0.05, 0.1) is 23.7 Å². The summed E-state index contributed by atoms with van der Waals surface area (Å²) in [5.74, 6) is -0.0680. The molecule has 0 bridgehead atoms. The van der Waals surface area contributed by atoms with Gasteiger partial charge in [0.15, 0.2) is 0 Å². The van der Waals surface area contributed by atoms with Crippen LogP contribution in [0.1, 0.15) is 24.5 Å². The van der Waals surface area contributed by atoms with Gasteiger partial charge in [0, 0.05) is 12.4 Å². The van der Waals surface area contributed by atoms with Gasteiger partial charge in [0.25, 0.3) is 5.91 Å². The van der Waals surface area contributed by atoms with Gasteiger partial charge in [-0.05, 0) is 47.4 Å². The lowest BCUT2D eigenvalue weighted by Crippen LogP contribution is -2.17. The molecule has 2 heterocycles. The third kappa shape index (κ3) is 6.47. The van der Waals surface area contributed by atoms with Crippen LogP contribution < -0.4 is 5.32 Å². The topological polar surface area (TPSA) is 77.0 Å². The number of amides is 1. The smallest absolute Gasteiger partial charge is 0.259 e. The van der Waals surface area contributed by atoms with Gasteiger partial charge in [-0.15, -0.1) is 0 Å². The molecule has 0 radical (unpaired) electrons. The van der Waals surface area contributed by atoms with Crippen molar-refractivity contribution in [1.29, 1.82) is 0 Å². The molecule has 0 atom stereocenters. The van der Waals surface area contributed by atoms with Gasteiger partial charge < -0.3 is 10.1 Å². The molecule has 0 saturated heterocycles. The molecule has 156 valence electrons. The first-order valence-corrected chi connectivity index (χ1v) is 9.93. The Labute approximate surface area is 182 Å². The maximum absolute atomic E-state index is 13.1. The fraction of sp³-hybridized carbons (Fsp3) is 0.120. The number of allylic oxidation sites excluding steroid dienone is 3. The molecule has 3 rings (SSSR count). The van der Waals surface area contributed by atoms with Crippen molar-refractivity contribution < 1.29 is 9.53 Å². The molecule has 0 aliphatic heterocycles. The molecule has 2 aromatic heterocycles. The predicted molar refractivity (Wildman–Crippen MR) is 122 cm³/mol. The van der Waals surface area contributed by atoms with E-state index in [4.69, 9.17) is 4.74 Å². The summed E-state index contributed by atoms with van der Waals surface area (Å²) in [7, 11) is 0. The highest BCUT2D eigenvalue weighted by molar-refractivity contribution is 6.08. The largest absolute Gasteiger partial charge is 0.489 e. The van der Waals surface area contributed by atoms with Gasteiger partial charge in [0.2, 0.25) is 0 Å². The Hall–Kier alpha value is -4.06. The maximum atomic E-state index is 13.1. The zero-order valence-corrected chi connectivity index (χ0v) is 17.4. The third-order valence-corrected chi connectivity index (χ3v) is 4.38. The lowest BCUT2D eigenvalue weighted by Gasteiger charge is -2.14. The Morgan fingerprint density at radius 3 is 2.52 bits per heavy atom. The number of nitrogens with zero attached hydrogens (tertiary/aromatic N) is 3. The molecule has 6 heteroatoms. The third-order valence-electron chi connectivity index (χ3n) is 4.38. The minimum Gasteiger partial charge on any atom is -0.489 e. The summed E-state index contributed by atoms with van der Waals surface area (Å²) in [6.07, 6.45) is 11.1. The quantitative estimate of drug-likeness (QED) is 0.305. The zero-order valence-electron chi connectivity index (χ0n) is 17.4. The number of carbonyl (C=O) groups excluding carboxylic acids is 1. The summed E-state index contributed by atoms with van der Waals surface area (Å²) >= 11 is 0. The number of nitrogens with one attached hydrogen (secondary N) is 1. The van der Waals surface area contributed by atoms with Crippen molar-refractivity contribution in [2.45, 2.75) is 20.0 Å². The summed E-state index contributed by atoms with van der Waals surface area (Å²) in [5.41, 5.74) is 3.67. The van der Waals surface area contributed by atoms with Crippen molar-refractivity contribution in [3.8, 4) is 0 Å². The molecule has 0 spiro atoms. The number of ether oxygens (including phenoxy) is 1. The summed E-state index contributed by atoms with van der Waals surface area (Å²) < 4.78 is 5.87. The fourth-order valence-electron chi connectivity index (χ4n) is 2.84. The van der Waals surface area contributed by atoms with Crippen LogP contribution in [0.15, 0.2) is 103 Å². The van der Waals surface area contributed by atoms with Gasteiger partial charge in [-0.1, -0.05) is 49.9 Å². The van der Waals surface area contributed by atoms with Crippen molar-refractivity contribution in [1.82, 2.24) is 15.2 Å².